The minimum absolute atomic E-state index is 0.156. The van der Waals surface area contributed by atoms with Crippen molar-refractivity contribution in [2.24, 2.45) is 5.73 Å². The van der Waals surface area contributed by atoms with Crippen LogP contribution >= 0.6 is 0 Å². The van der Waals surface area contributed by atoms with E-state index in [1.807, 2.05) is 0 Å². The third kappa shape index (κ3) is 2.93. The summed E-state index contributed by atoms with van der Waals surface area (Å²) in [4.78, 5) is 0. The molecule has 0 aliphatic heterocycles. The van der Waals surface area contributed by atoms with Crippen molar-refractivity contribution in [3.05, 3.63) is 65.0 Å². The van der Waals surface area contributed by atoms with Crippen LogP contribution in [0.5, 0.6) is 5.75 Å². The Morgan fingerprint density at radius 1 is 1.14 bits per heavy atom. The number of nitrogens with two attached hydrogens (primary N) is 1. The zero-order chi connectivity index (χ0) is 14.7. The molecule has 1 atom stereocenters. The largest absolute Gasteiger partial charge is 0.493 e. The van der Waals surface area contributed by atoms with Crippen LogP contribution in [0.15, 0.2) is 42.5 Å². The first kappa shape index (κ1) is 14.1. The van der Waals surface area contributed by atoms with E-state index in [1.54, 1.807) is 12.1 Å². The monoisotopic (exact) mass is 285 g/mol. The van der Waals surface area contributed by atoms with Crippen LogP contribution in [0.3, 0.4) is 0 Å². The summed E-state index contributed by atoms with van der Waals surface area (Å²) < 4.78 is 19.6. The van der Waals surface area contributed by atoms with E-state index in [0.717, 1.165) is 12.8 Å². The van der Waals surface area contributed by atoms with E-state index in [9.17, 15) is 4.39 Å². The highest BCUT2D eigenvalue weighted by Crippen LogP contribution is 2.32. The lowest BCUT2D eigenvalue weighted by atomic mass is 9.83. The van der Waals surface area contributed by atoms with Gasteiger partial charge in [-0.2, -0.15) is 0 Å². The van der Waals surface area contributed by atoms with E-state index < -0.39 is 0 Å². The Hall–Kier alpha value is -1.87. The van der Waals surface area contributed by atoms with Crippen molar-refractivity contribution < 1.29 is 9.13 Å². The van der Waals surface area contributed by atoms with E-state index >= 15 is 0 Å². The number of rotatable bonds is 4. The van der Waals surface area contributed by atoms with E-state index in [0.29, 0.717) is 23.8 Å². The maximum Gasteiger partial charge on any atom is 0.131 e. The van der Waals surface area contributed by atoms with Crippen LogP contribution in [0.25, 0.3) is 0 Å². The molecule has 0 spiro atoms. The van der Waals surface area contributed by atoms with Gasteiger partial charge in [-0.15, -0.1) is 0 Å². The molecular weight excluding hydrogens is 265 g/mol. The Morgan fingerprint density at radius 2 is 2.00 bits per heavy atom. The van der Waals surface area contributed by atoms with Gasteiger partial charge < -0.3 is 10.5 Å². The van der Waals surface area contributed by atoms with Gasteiger partial charge in [-0.25, -0.2) is 4.39 Å². The van der Waals surface area contributed by atoms with E-state index in [4.69, 9.17) is 10.5 Å². The van der Waals surface area contributed by atoms with E-state index in [2.05, 4.69) is 24.3 Å². The minimum atomic E-state index is -0.293. The van der Waals surface area contributed by atoms with Gasteiger partial charge in [0.05, 0.1) is 6.61 Å². The van der Waals surface area contributed by atoms with Crippen LogP contribution in [-0.2, 0) is 13.0 Å². The van der Waals surface area contributed by atoms with Gasteiger partial charge in [0, 0.05) is 18.0 Å². The van der Waals surface area contributed by atoms with E-state index in [1.165, 1.54) is 23.6 Å². The molecule has 2 nitrogen and oxygen atoms in total. The zero-order valence-corrected chi connectivity index (χ0v) is 12.0. The predicted molar refractivity (Wildman–Crippen MR) is 81.9 cm³/mol. The molecule has 1 aliphatic rings. The molecule has 1 aliphatic carbocycles. The van der Waals surface area contributed by atoms with Crippen molar-refractivity contribution in [1.29, 1.82) is 0 Å². The number of benzene rings is 2. The van der Waals surface area contributed by atoms with Crippen molar-refractivity contribution in [2.45, 2.75) is 31.7 Å². The van der Waals surface area contributed by atoms with Crippen LogP contribution in [0, 0.1) is 5.82 Å². The molecule has 0 saturated heterocycles. The van der Waals surface area contributed by atoms with Crippen LogP contribution in [0.4, 0.5) is 4.39 Å². The van der Waals surface area contributed by atoms with Gasteiger partial charge >= 0.3 is 0 Å². The molecule has 0 aromatic heterocycles. The summed E-state index contributed by atoms with van der Waals surface area (Å²) in [6, 6.07) is 13.4. The molecule has 2 aromatic carbocycles. The highest BCUT2D eigenvalue weighted by Gasteiger charge is 2.20. The summed E-state index contributed by atoms with van der Waals surface area (Å²) in [5.74, 6) is 0.656. The predicted octanol–water partition coefficient (Wildman–Crippen LogP) is 3.78. The van der Waals surface area contributed by atoms with Crippen molar-refractivity contribution in [2.75, 3.05) is 6.61 Å². The highest BCUT2D eigenvalue weighted by atomic mass is 19.1. The number of hydrogen-bond donors (Lipinski definition) is 1. The number of ether oxygens (including phenoxy) is 1. The molecule has 21 heavy (non-hydrogen) atoms. The second-order valence-corrected chi connectivity index (χ2v) is 5.52. The molecule has 0 bridgehead atoms. The van der Waals surface area contributed by atoms with E-state index in [-0.39, 0.29) is 12.4 Å². The van der Waals surface area contributed by atoms with Crippen molar-refractivity contribution >= 4 is 0 Å². The quantitative estimate of drug-likeness (QED) is 0.927. The maximum atomic E-state index is 13.7. The molecule has 110 valence electrons. The van der Waals surface area contributed by atoms with Gasteiger partial charge in [-0.1, -0.05) is 30.3 Å². The molecule has 3 heteroatoms. The average Bonchev–Trinajstić information content (AvgIpc) is 2.53. The van der Waals surface area contributed by atoms with Gasteiger partial charge in [-0.05, 0) is 42.5 Å². The Morgan fingerprint density at radius 3 is 2.86 bits per heavy atom. The number of aryl methyl sites for hydroxylation is 1. The molecule has 1 unspecified atom stereocenters. The lowest BCUT2D eigenvalue weighted by Gasteiger charge is -2.26. The average molecular weight is 285 g/mol. The molecular formula is C18H20FNO. The van der Waals surface area contributed by atoms with Crippen LogP contribution in [-0.4, -0.2) is 6.61 Å². The summed E-state index contributed by atoms with van der Waals surface area (Å²) >= 11 is 0. The number of halogens is 1. The Kier molecular flexibility index (Phi) is 4.20. The number of hydrogen-bond acceptors (Lipinski definition) is 2. The first-order valence-corrected chi connectivity index (χ1v) is 7.47. The second-order valence-electron chi connectivity index (χ2n) is 5.52. The third-order valence-corrected chi connectivity index (χ3v) is 4.21. The minimum Gasteiger partial charge on any atom is -0.493 e. The zero-order valence-electron chi connectivity index (χ0n) is 12.0. The van der Waals surface area contributed by atoms with Crippen molar-refractivity contribution in [1.82, 2.24) is 0 Å². The SMILES string of the molecule is NCc1c(F)cccc1OCC1CCCc2ccccc21. The summed E-state index contributed by atoms with van der Waals surface area (Å²) in [5, 5.41) is 0. The first-order valence-electron chi connectivity index (χ1n) is 7.47. The Bertz CT molecular complexity index is 626. The maximum absolute atomic E-state index is 13.7. The fraction of sp³-hybridized carbons (Fsp3) is 0.333. The molecule has 0 fully saturated rings. The van der Waals surface area contributed by atoms with Gasteiger partial charge in [-0.3, -0.25) is 0 Å². The third-order valence-electron chi connectivity index (χ3n) is 4.21. The standard InChI is InChI=1S/C18H20FNO/c19-17-9-4-10-18(16(17)11-20)21-12-14-7-3-6-13-5-1-2-8-15(13)14/h1-2,4-5,8-10,14H,3,6-7,11-12,20H2. The highest BCUT2D eigenvalue weighted by molar-refractivity contribution is 5.36. The fourth-order valence-corrected chi connectivity index (χ4v) is 3.09. The first-order chi connectivity index (χ1) is 10.3. The summed E-state index contributed by atoms with van der Waals surface area (Å²) in [7, 11) is 0. The lowest BCUT2D eigenvalue weighted by Crippen LogP contribution is -2.17. The van der Waals surface area contributed by atoms with Gasteiger partial charge in [0.1, 0.15) is 11.6 Å². The summed E-state index contributed by atoms with van der Waals surface area (Å²) in [6.07, 6.45) is 3.43. The molecule has 0 saturated carbocycles. The lowest BCUT2D eigenvalue weighted by molar-refractivity contribution is 0.271. The molecule has 2 N–H and O–H groups in total. The Balaban J connectivity index is 1.76. The van der Waals surface area contributed by atoms with Crippen molar-refractivity contribution in [3.8, 4) is 5.75 Å². The van der Waals surface area contributed by atoms with Crippen LogP contribution < -0.4 is 10.5 Å². The normalized spacial score (nSPS) is 17.3. The molecule has 2 aromatic rings. The number of fused-ring (bicyclic) bond motifs is 1. The van der Waals surface area contributed by atoms with Gasteiger partial charge in [0.25, 0.3) is 0 Å². The van der Waals surface area contributed by atoms with Gasteiger partial charge in [0.15, 0.2) is 0 Å². The molecule has 0 amide bonds. The topological polar surface area (TPSA) is 35.2 Å². The molecule has 0 heterocycles. The fourth-order valence-electron chi connectivity index (χ4n) is 3.09. The second kappa shape index (κ2) is 6.27. The summed E-state index contributed by atoms with van der Waals surface area (Å²) in [6.45, 7) is 0.733. The van der Waals surface area contributed by atoms with Crippen LogP contribution in [0.1, 0.15) is 35.4 Å². The molecule has 0 radical (unpaired) electrons. The molecule has 3 rings (SSSR count). The van der Waals surface area contributed by atoms with Gasteiger partial charge in [0.2, 0.25) is 0 Å². The Labute approximate surface area is 124 Å². The van der Waals surface area contributed by atoms with Crippen LogP contribution in [0.2, 0.25) is 0 Å². The summed E-state index contributed by atoms with van der Waals surface area (Å²) in [5.41, 5.74) is 8.86. The smallest absolute Gasteiger partial charge is 0.131 e. The van der Waals surface area contributed by atoms with Crippen molar-refractivity contribution in [3.63, 3.8) is 0 Å².